The van der Waals surface area contributed by atoms with E-state index in [0.717, 1.165) is 12.1 Å². The van der Waals surface area contributed by atoms with E-state index in [0.29, 0.717) is 18.2 Å². The maximum Gasteiger partial charge on any atom is 0.265 e. The Morgan fingerprint density at radius 3 is 2.60 bits per heavy atom. The smallest absolute Gasteiger partial charge is 0.263 e. The maximum absolute atomic E-state index is 13.5. The normalized spacial score (nSPS) is 11.3. The molecule has 0 bridgehead atoms. The number of nitrogens with zero attached hydrogens (tertiary/aromatic N) is 1. The first kappa shape index (κ1) is 14.4. The van der Waals surface area contributed by atoms with E-state index in [2.05, 4.69) is 9.71 Å². The molecule has 0 aliphatic carbocycles. The third kappa shape index (κ3) is 3.11. The molecule has 1 aromatic carbocycles. The van der Waals surface area contributed by atoms with E-state index in [4.69, 9.17) is 0 Å². The Bertz CT molecular complexity index is 733. The third-order valence-corrected chi connectivity index (χ3v) is 3.98. The summed E-state index contributed by atoms with van der Waals surface area (Å²) in [5.74, 6) is -1.90. The molecule has 0 aliphatic heterocycles. The standard InChI is InChI=1S/C13H12F2N2O2S/c1-2-10-4-3-5-13(16-10)17-20(18,19)12-7-6-9(14)8-11(12)15/h3-8H,2H2,1H3,(H,16,17). The molecule has 2 aromatic rings. The van der Waals surface area contributed by atoms with Crippen LogP contribution in [0.3, 0.4) is 0 Å². The zero-order valence-corrected chi connectivity index (χ0v) is 11.4. The van der Waals surface area contributed by atoms with Gasteiger partial charge in [-0.15, -0.1) is 0 Å². The summed E-state index contributed by atoms with van der Waals surface area (Å²) in [5.41, 5.74) is 0.699. The first-order valence-corrected chi connectivity index (χ1v) is 7.34. The summed E-state index contributed by atoms with van der Waals surface area (Å²) in [6, 6.07) is 7.12. The Hall–Kier alpha value is -2.02. The van der Waals surface area contributed by atoms with E-state index in [9.17, 15) is 17.2 Å². The quantitative estimate of drug-likeness (QED) is 0.944. The lowest BCUT2D eigenvalue weighted by Gasteiger charge is -2.09. The number of anilines is 1. The first-order chi connectivity index (χ1) is 9.42. The Morgan fingerprint density at radius 2 is 1.95 bits per heavy atom. The van der Waals surface area contributed by atoms with Crippen LogP contribution in [0.4, 0.5) is 14.6 Å². The van der Waals surface area contributed by atoms with Gasteiger partial charge in [0, 0.05) is 11.8 Å². The summed E-state index contributed by atoms with van der Waals surface area (Å²) in [4.78, 5) is 3.44. The van der Waals surface area contributed by atoms with E-state index < -0.39 is 26.6 Å². The van der Waals surface area contributed by atoms with Crippen LogP contribution in [-0.4, -0.2) is 13.4 Å². The van der Waals surface area contributed by atoms with Crippen LogP contribution < -0.4 is 4.72 Å². The topological polar surface area (TPSA) is 59.1 Å². The number of benzene rings is 1. The van der Waals surface area contributed by atoms with Gasteiger partial charge in [-0.25, -0.2) is 22.2 Å². The van der Waals surface area contributed by atoms with Gasteiger partial charge < -0.3 is 0 Å². The van der Waals surface area contributed by atoms with Crippen molar-refractivity contribution in [2.75, 3.05) is 4.72 Å². The van der Waals surface area contributed by atoms with Gasteiger partial charge >= 0.3 is 0 Å². The Labute approximate surface area is 115 Å². The van der Waals surface area contributed by atoms with Gasteiger partial charge in [0.05, 0.1) is 0 Å². The molecule has 0 amide bonds. The average molecular weight is 298 g/mol. The van der Waals surface area contributed by atoms with Crippen molar-refractivity contribution in [2.45, 2.75) is 18.2 Å². The minimum Gasteiger partial charge on any atom is -0.263 e. The molecule has 20 heavy (non-hydrogen) atoms. The second-order valence-corrected chi connectivity index (χ2v) is 5.70. The summed E-state index contributed by atoms with van der Waals surface area (Å²) in [6.45, 7) is 1.88. The molecule has 0 saturated carbocycles. The van der Waals surface area contributed by atoms with Gasteiger partial charge in [-0.3, -0.25) is 4.72 Å². The SMILES string of the molecule is CCc1cccc(NS(=O)(=O)c2ccc(F)cc2F)n1. The van der Waals surface area contributed by atoms with Gasteiger partial charge in [0.15, 0.2) is 0 Å². The van der Waals surface area contributed by atoms with Crippen molar-refractivity contribution in [3.8, 4) is 0 Å². The number of hydrogen-bond acceptors (Lipinski definition) is 3. The van der Waals surface area contributed by atoms with Crippen LogP contribution >= 0.6 is 0 Å². The second kappa shape index (κ2) is 5.54. The minimum atomic E-state index is -4.14. The molecule has 0 atom stereocenters. The Kier molecular flexibility index (Phi) is 3.99. The molecular weight excluding hydrogens is 286 g/mol. The summed E-state index contributed by atoms with van der Waals surface area (Å²) in [6.07, 6.45) is 0.639. The van der Waals surface area contributed by atoms with Crippen LogP contribution in [0.1, 0.15) is 12.6 Å². The highest BCUT2D eigenvalue weighted by Crippen LogP contribution is 2.18. The highest BCUT2D eigenvalue weighted by molar-refractivity contribution is 7.92. The molecular formula is C13H12F2N2O2S. The van der Waals surface area contributed by atoms with Gasteiger partial charge in [0.25, 0.3) is 10.0 Å². The fourth-order valence-electron chi connectivity index (χ4n) is 1.62. The number of pyridine rings is 1. The number of halogens is 2. The Balaban J connectivity index is 2.35. The van der Waals surface area contributed by atoms with Crippen LogP contribution in [-0.2, 0) is 16.4 Å². The van der Waals surface area contributed by atoms with Crippen LogP contribution in [0.5, 0.6) is 0 Å². The molecule has 0 saturated heterocycles. The largest absolute Gasteiger partial charge is 0.265 e. The first-order valence-electron chi connectivity index (χ1n) is 5.86. The third-order valence-electron chi connectivity index (χ3n) is 2.59. The highest BCUT2D eigenvalue weighted by Gasteiger charge is 2.20. The second-order valence-electron chi connectivity index (χ2n) is 4.05. The monoisotopic (exact) mass is 298 g/mol. The molecule has 0 radical (unpaired) electrons. The van der Waals surface area contributed by atoms with Crippen LogP contribution in [0, 0.1) is 11.6 Å². The zero-order valence-electron chi connectivity index (χ0n) is 10.6. The summed E-state index contributed by atoms with van der Waals surface area (Å²) < 4.78 is 52.5. The number of rotatable bonds is 4. The molecule has 7 heteroatoms. The van der Waals surface area contributed by atoms with Crippen molar-refractivity contribution >= 4 is 15.8 Å². The fourth-order valence-corrected chi connectivity index (χ4v) is 2.68. The van der Waals surface area contributed by atoms with Crippen molar-refractivity contribution in [3.05, 3.63) is 53.7 Å². The van der Waals surface area contributed by atoms with Crippen molar-refractivity contribution < 1.29 is 17.2 Å². The number of nitrogens with one attached hydrogen (secondary N) is 1. The van der Waals surface area contributed by atoms with Gasteiger partial charge in [-0.1, -0.05) is 13.0 Å². The van der Waals surface area contributed by atoms with E-state index in [-0.39, 0.29) is 5.82 Å². The molecule has 0 aliphatic rings. The zero-order chi connectivity index (χ0) is 14.8. The highest BCUT2D eigenvalue weighted by atomic mass is 32.2. The minimum absolute atomic E-state index is 0.0908. The van der Waals surface area contributed by atoms with Crippen molar-refractivity contribution in [1.29, 1.82) is 0 Å². The van der Waals surface area contributed by atoms with E-state index in [1.807, 2.05) is 6.92 Å². The van der Waals surface area contributed by atoms with Crippen LogP contribution in [0.25, 0.3) is 0 Å². The fraction of sp³-hybridized carbons (Fsp3) is 0.154. The van der Waals surface area contributed by atoms with Gasteiger partial charge in [0.2, 0.25) is 0 Å². The molecule has 4 nitrogen and oxygen atoms in total. The molecule has 1 aromatic heterocycles. The summed E-state index contributed by atoms with van der Waals surface area (Å²) >= 11 is 0. The molecule has 0 unspecified atom stereocenters. The molecule has 106 valence electrons. The van der Waals surface area contributed by atoms with Crippen LogP contribution in [0.2, 0.25) is 0 Å². The lowest BCUT2D eigenvalue weighted by molar-refractivity contribution is 0.551. The molecule has 2 rings (SSSR count). The van der Waals surface area contributed by atoms with Crippen molar-refractivity contribution in [2.24, 2.45) is 0 Å². The number of aryl methyl sites for hydroxylation is 1. The van der Waals surface area contributed by atoms with Gasteiger partial charge in [-0.05, 0) is 30.7 Å². The van der Waals surface area contributed by atoms with Gasteiger partial charge in [0.1, 0.15) is 22.3 Å². The predicted octanol–water partition coefficient (Wildman–Crippen LogP) is 2.72. The predicted molar refractivity (Wildman–Crippen MR) is 70.8 cm³/mol. The van der Waals surface area contributed by atoms with E-state index in [1.54, 1.807) is 12.1 Å². The molecule has 0 fully saturated rings. The van der Waals surface area contributed by atoms with Gasteiger partial charge in [-0.2, -0.15) is 0 Å². The van der Waals surface area contributed by atoms with Crippen LogP contribution in [0.15, 0.2) is 41.3 Å². The lowest BCUT2D eigenvalue weighted by atomic mass is 10.3. The van der Waals surface area contributed by atoms with Crippen molar-refractivity contribution in [1.82, 2.24) is 4.98 Å². The summed E-state index contributed by atoms with van der Waals surface area (Å²) in [5, 5.41) is 0. The number of sulfonamides is 1. The molecule has 0 spiro atoms. The maximum atomic E-state index is 13.5. The molecule has 1 heterocycles. The number of aromatic nitrogens is 1. The number of hydrogen-bond donors (Lipinski definition) is 1. The van der Waals surface area contributed by atoms with Crippen molar-refractivity contribution in [3.63, 3.8) is 0 Å². The molecule has 1 N–H and O–H groups in total. The summed E-state index contributed by atoms with van der Waals surface area (Å²) in [7, 11) is -4.14. The average Bonchev–Trinajstić information content (AvgIpc) is 2.37. The van der Waals surface area contributed by atoms with E-state index in [1.165, 1.54) is 6.07 Å². The lowest BCUT2D eigenvalue weighted by Crippen LogP contribution is -2.16. The Morgan fingerprint density at radius 1 is 1.20 bits per heavy atom. The van der Waals surface area contributed by atoms with E-state index >= 15 is 0 Å².